The fraction of sp³-hybridized carbons (Fsp3) is 0.182. The van der Waals surface area contributed by atoms with Gasteiger partial charge in [0.05, 0.1) is 12.5 Å². The molecule has 0 bridgehead atoms. The van der Waals surface area contributed by atoms with E-state index in [1.165, 1.54) is 0 Å². The maximum absolute atomic E-state index is 9.32. The molecule has 1 aromatic rings. The Labute approximate surface area is 77.4 Å². The maximum Gasteiger partial charge on any atom is 0.119 e. The molecule has 0 unspecified atom stereocenters. The average Bonchev–Trinajstić information content (AvgIpc) is 2.12. The number of rotatable bonds is 0. The van der Waals surface area contributed by atoms with Gasteiger partial charge in [-0.2, -0.15) is 5.26 Å². The lowest BCUT2D eigenvalue weighted by Gasteiger charge is -1.97. The van der Waals surface area contributed by atoms with Gasteiger partial charge in [-0.3, -0.25) is 0 Å². The van der Waals surface area contributed by atoms with Crippen LogP contribution in [-0.4, -0.2) is 5.11 Å². The Morgan fingerprint density at radius 1 is 1.46 bits per heavy atom. The van der Waals surface area contributed by atoms with Crippen LogP contribution in [0.1, 0.15) is 17.5 Å². The largest absolute Gasteiger partial charge is 0.508 e. The predicted molar refractivity (Wildman–Crippen MR) is 50.0 cm³/mol. The van der Waals surface area contributed by atoms with Crippen LogP contribution in [-0.2, 0) is 0 Å². The summed E-state index contributed by atoms with van der Waals surface area (Å²) in [6, 6.07) is 7.14. The molecule has 0 saturated carbocycles. The van der Waals surface area contributed by atoms with E-state index in [9.17, 15) is 5.11 Å². The van der Waals surface area contributed by atoms with Gasteiger partial charge in [0.2, 0.25) is 0 Å². The van der Waals surface area contributed by atoms with Crippen LogP contribution in [0.4, 0.5) is 0 Å². The molecule has 0 aromatic heterocycles. The van der Waals surface area contributed by atoms with Crippen LogP contribution in [0.3, 0.4) is 0 Å². The number of benzene rings is 1. The zero-order chi connectivity index (χ0) is 9.68. The van der Waals surface area contributed by atoms with Crippen LogP contribution >= 0.6 is 0 Å². The van der Waals surface area contributed by atoms with Gasteiger partial charge in [-0.15, -0.1) is 0 Å². The first-order chi connectivity index (χ1) is 6.24. The second-order valence-corrected chi connectivity index (χ2v) is 2.64. The molecule has 0 fully saturated rings. The Hall–Kier alpha value is -1.93. The highest BCUT2D eigenvalue weighted by atomic mass is 16.3. The van der Waals surface area contributed by atoms with E-state index >= 15 is 0 Å². The van der Waals surface area contributed by atoms with E-state index in [0.717, 1.165) is 11.1 Å². The van der Waals surface area contributed by atoms with Gasteiger partial charge < -0.3 is 5.11 Å². The number of nitrogens with zero attached hydrogens (tertiary/aromatic N) is 1. The van der Waals surface area contributed by atoms with Gasteiger partial charge in [-0.25, -0.2) is 0 Å². The molecule has 0 aliphatic carbocycles. The highest BCUT2D eigenvalue weighted by molar-refractivity contribution is 5.43. The minimum atomic E-state index is 0.217. The monoisotopic (exact) mass is 171 g/mol. The zero-order valence-corrected chi connectivity index (χ0v) is 7.33. The number of phenolic OH excluding ortho intramolecular Hbond substituents is 1. The molecule has 1 aromatic carbocycles. The van der Waals surface area contributed by atoms with Crippen LogP contribution in [0.25, 0.3) is 0 Å². The highest BCUT2D eigenvalue weighted by Crippen LogP contribution is 2.16. The Morgan fingerprint density at radius 3 is 2.85 bits per heavy atom. The molecule has 0 amide bonds. The third kappa shape index (κ3) is 2.54. The number of nitriles is 1. The fourth-order valence-corrected chi connectivity index (χ4v) is 0.873. The summed E-state index contributed by atoms with van der Waals surface area (Å²) < 4.78 is 0. The molecular formula is C11H9NO. The normalized spacial score (nSPS) is 8.31. The summed E-state index contributed by atoms with van der Waals surface area (Å²) in [5.74, 6) is 5.70. The minimum Gasteiger partial charge on any atom is -0.508 e. The van der Waals surface area contributed by atoms with Crippen LogP contribution in [0.2, 0.25) is 0 Å². The van der Waals surface area contributed by atoms with Crippen molar-refractivity contribution in [1.29, 1.82) is 5.26 Å². The minimum absolute atomic E-state index is 0.217. The Morgan fingerprint density at radius 2 is 2.23 bits per heavy atom. The van der Waals surface area contributed by atoms with Gasteiger partial charge in [0.1, 0.15) is 5.75 Å². The van der Waals surface area contributed by atoms with E-state index in [2.05, 4.69) is 11.8 Å². The molecule has 0 heterocycles. The molecule has 2 heteroatoms. The lowest BCUT2D eigenvalue weighted by Crippen LogP contribution is -1.77. The first-order valence-corrected chi connectivity index (χ1v) is 3.89. The summed E-state index contributed by atoms with van der Waals surface area (Å²) in [4.78, 5) is 0. The zero-order valence-electron chi connectivity index (χ0n) is 7.33. The summed E-state index contributed by atoms with van der Waals surface area (Å²) in [7, 11) is 0. The van der Waals surface area contributed by atoms with E-state index in [1.807, 2.05) is 19.1 Å². The summed E-state index contributed by atoms with van der Waals surface area (Å²) in [6.07, 6.45) is 0.217. The Kier molecular flexibility index (Phi) is 2.95. The first-order valence-electron chi connectivity index (χ1n) is 3.89. The molecule has 13 heavy (non-hydrogen) atoms. The van der Waals surface area contributed by atoms with Crippen molar-refractivity contribution in [3.8, 4) is 23.7 Å². The third-order valence-electron chi connectivity index (χ3n) is 1.61. The van der Waals surface area contributed by atoms with Crippen molar-refractivity contribution in [2.75, 3.05) is 0 Å². The van der Waals surface area contributed by atoms with E-state index in [-0.39, 0.29) is 12.2 Å². The van der Waals surface area contributed by atoms with Crippen LogP contribution < -0.4 is 0 Å². The number of aromatic hydroxyl groups is 1. The summed E-state index contributed by atoms with van der Waals surface area (Å²) in [5, 5.41) is 17.6. The molecule has 0 aliphatic rings. The van der Waals surface area contributed by atoms with Crippen molar-refractivity contribution in [3.05, 3.63) is 29.3 Å². The molecule has 2 nitrogen and oxygen atoms in total. The average molecular weight is 171 g/mol. The molecule has 0 saturated heterocycles. The second kappa shape index (κ2) is 4.18. The summed E-state index contributed by atoms with van der Waals surface area (Å²) in [5.41, 5.74) is 1.56. The molecule has 0 aliphatic heterocycles. The van der Waals surface area contributed by atoms with Gasteiger partial charge in [0.25, 0.3) is 0 Å². The Balaban J connectivity index is 2.89. The molecule has 0 radical (unpaired) electrons. The predicted octanol–water partition coefficient (Wildman–Crippen LogP) is 1.97. The molecule has 0 atom stereocenters. The van der Waals surface area contributed by atoms with Crippen molar-refractivity contribution >= 4 is 0 Å². The van der Waals surface area contributed by atoms with E-state index < -0.39 is 0 Å². The number of hydrogen-bond acceptors (Lipinski definition) is 2. The van der Waals surface area contributed by atoms with Gasteiger partial charge in [0, 0.05) is 5.56 Å². The molecule has 64 valence electrons. The van der Waals surface area contributed by atoms with Crippen LogP contribution in [0.5, 0.6) is 5.75 Å². The van der Waals surface area contributed by atoms with Crippen LogP contribution in [0.15, 0.2) is 18.2 Å². The van der Waals surface area contributed by atoms with Gasteiger partial charge in [-0.1, -0.05) is 17.9 Å². The van der Waals surface area contributed by atoms with E-state index in [0.29, 0.717) is 0 Å². The van der Waals surface area contributed by atoms with Gasteiger partial charge in [-0.05, 0) is 24.6 Å². The smallest absolute Gasteiger partial charge is 0.119 e. The summed E-state index contributed by atoms with van der Waals surface area (Å²) in [6.45, 7) is 1.82. The number of aryl methyl sites for hydroxylation is 1. The lowest BCUT2D eigenvalue weighted by molar-refractivity contribution is 0.471. The van der Waals surface area contributed by atoms with Crippen molar-refractivity contribution in [2.24, 2.45) is 0 Å². The number of hydrogen-bond donors (Lipinski definition) is 1. The van der Waals surface area contributed by atoms with E-state index in [1.54, 1.807) is 12.1 Å². The SMILES string of the molecule is Cc1ccc(C#CCC#N)cc1O. The molecule has 1 rings (SSSR count). The molecule has 0 spiro atoms. The molecule has 1 N–H and O–H groups in total. The quantitative estimate of drug-likeness (QED) is 0.606. The van der Waals surface area contributed by atoms with Gasteiger partial charge >= 0.3 is 0 Å². The van der Waals surface area contributed by atoms with Crippen molar-refractivity contribution in [2.45, 2.75) is 13.3 Å². The highest BCUT2D eigenvalue weighted by Gasteiger charge is 1.94. The van der Waals surface area contributed by atoms with Gasteiger partial charge in [0.15, 0.2) is 0 Å². The van der Waals surface area contributed by atoms with Crippen molar-refractivity contribution in [1.82, 2.24) is 0 Å². The standard InChI is InChI=1S/C11H9NO/c1-9-5-6-10(8-11(9)13)4-2-3-7-12/h5-6,8,13H,3H2,1H3. The Bertz CT molecular complexity index is 404. The fourth-order valence-electron chi connectivity index (χ4n) is 0.873. The second-order valence-electron chi connectivity index (χ2n) is 2.64. The first kappa shape index (κ1) is 9.16. The van der Waals surface area contributed by atoms with Crippen molar-refractivity contribution in [3.63, 3.8) is 0 Å². The maximum atomic E-state index is 9.32. The van der Waals surface area contributed by atoms with Crippen LogP contribution in [0, 0.1) is 30.1 Å². The number of phenols is 1. The molecular weight excluding hydrogens is 162 g/mol. The lowest BCUT2D eigenvalue weighted by atomic mass is 10.1. The van der Waals surface area contributed by atoms with E-state index in [4.69, 9.17) is 5.26 Å². The van der Waals surface area contributed by atoms with Crippen molar-refractivity contribution < 1.29 is 5.11 Å². The third-order valence-corrected chi connectivity index (χ3v) is 1.61. The topological polar surface area (TPSA) is 44.0 Å². The summed E-state index contributed by atoms with van der Waals surface area (Å²) >= 11 is 0.